The van der Waals surface area contributed by atoms with Crippen LogP contribution < -0.4 is 4.90 Å². The average molecular weight is 384 g/mol. The van der Waals surface area contributed by atoms with E-state index in [1.807, 2.05) is 24.3 Å². The van der Waals surface area contributed by atoms with E-state index >= 15 is 0 Å². The second-order valence-corrected chi connectivity index (χ2v) is 6.95. The number of hydrogen-bond donors (Lipinski definition) is 0. The molecule has 0 saturated carbocycles. The van der Waals surface area contributed by atoms with Crippen LogP contribution in [0.25, 0.3) is 11.3 Å². The molecule has 0 aliphatic carbocycles. The van der Waals surface area contributed by atoms with Crippen LogP contribution in [0.4, 0.5) is 10.2 Å². The Labute approximate surface area is 162 Å². The van der Waals surface area contributed by atoms with Gasteiger partial charge in [0.15, 0.2) is 5.82 Å². The smallest absolute Gasteiger partial charge is 0.151 e. The van der Waals surface area contributed by atoms with Gasteiger partial charge in [-0.05, 0) is 48.5 Å². The molecule has 1 aliphatic heterocycles. The Morgan fingerprint density at radius 3 is 2.30 bits per heavy atom. The quantitative estimate of drug-likeness (QED) is 0.688. The third-order valence-corrected chi connectivity index (χ3v) is 4.88. The lowest BCUT2D eigenvalue weighted by Crippen LogP contribution is -2.46. The minimum Gasteiger partial charge on any atom is -0.353 e. The molecule has 4 rings (SSSR count). The van der Waals surface area contributed by atoms with Crippen molar-refractivity contribution in [2.75, 3.05) is 31.1 Å². The molecular weight excluding hydrogens is 365 g/mol. The lowest BCUT2D eigenvalue weighted by Gasteiger charge is -2.35. The van der Waals surface area contributed by atoms with E-state index in [4.69, 9.17) is 11.6 Å². The first kappa shape index (κ1) is 17.8. The van der Waals surface area contributed by atoms with Crippen LogP contribution >= 0.6 is 11.6 Å². The summed E-state index contributed by atoms with van der Waals surface area (Å²) >= 11 is 5.89. The highest BCUT2D eigenvalue weighted by atomic mass is 35.5. The molecule has 1 saturated heterocycles. The number of rotatable bonds is 4. The van der Waals surface area contributed by atoms with Crippen molar-refractivity contribution >= 4 is 17.4 Å². The number of pyridine rings is 1. The number of nitrogens with zero attached hydrogens (tertiary/aromatic N) is 5. The van der Waals surface area contributed by atoms with Gasteiger partial charge in [-0.1, -0.05) is 11.6 Å². The first-order chi connectivity index (χ1) is 13.2. The third kappa shape index (κ3) is 4.40. The number of piperazine rings is 1. The van der Waals surface area contributed by atoms with E-state index in [2.05, 4.69) is 25.0 Å². The number of anilines is 1. The molecule has 0 N–H and O–H groups in total. The largest absolute Gasteiger partial charge is 0.353 e. The predicted molar refractivity (Wildman–Crippen MR) is 104 cm³/mol. The maximum absolute atomic E-state index is 13.0. The zero-order valence-electron chi connectivity index (χ0n) is 14.7. The highest BCUT2D eigenvalue weighted by molar-refractivity contribution is 6.30. The Morgan fingerprint density at radius 2 is 1.67 bits per heavy atom. The second-order valence-electron chi connectivity index (χ2n) is 6.51. The van der Waals surface area contributed by atoms with E-state index in [9.17, 15) is 4.39 Å². The SMILES string of the molecule is Fc1ccc(-c2ccc(N3CCN(Cc4ccc(Cl)cn4)CC3)nn2)cc1. The molecular formula is C20H19ClFN5. The summed E-state index contributed by atoms with van der Waals surface area (Å²) in [5.74, 6) is 0.611. The van der Waals surface area contributed by atoms with Crippen molar-refractivity contribution in [2.45, 2.75) is 6.54 Å². The van der Waals surface area contributed by atoms with Crippen molar-refractivity contribution in [1.29, 1.82) is 0 Å². The van der Waals surface area contributed by atoms with Gasteiger partial charge in [0.2, 0.25) is 0 Å². The predicted octanol–water partition coefficient (Wildman–Crippen LogP) is 3.65. The summed E-state index contributed by atoms with van der Waals surface area (Å²) in [5, 5.41) is 9.31. The lowest BCUT2D eigenvalue weighted by molar-refractivity contribution is 0.246. The molecule has 5 nitrogen and oxygen atoms in total. The second kappa shape index (κ2) is 7.98. The first-order valence-corrected chi connectivity index (χ1v) is 9.22. The van der Waals surface area contributed by atoms with Crippen LogP contribution in [0.5, 0.6) is 0 Å². The third-order valence-electron chi connectivity index (χ3n) is 4.66. The van der Waals surface area contributed by atoms with Gasteiger partial charge in [-0.25, -0.2) is 4.39 Å². The molecule has 2 aromatic heterocycles. The molecule has 0 bridgehead atoms. The minimum absolute atomic E-state index is 0.255. The number of halogens is 2. The van der Waals surface area contributed by atoms with Gasteiger partial charge >= 0.3 is 0 Å². The van der Waals surface area contributed by atoms with E-state index in [1.54, 1.807) is 18.3 Å². The molecule has 138 valence electrons. The molecule has 1 aromatic carbocycles. The first-order valence-electron chi connectivity index (χ1n) is 8.85. The van der Waals surface area contributed by atoms with Crippen molar-refractivity contribution in [3.05, 3.63) is 71.3 Å². The van der Waals surface area contributed by atoms with Gasteiger partial charge in [-0.2, -0.15) is 0 Å². The minimum atomic E-state index is -0.255. The molecule has 3 heterocycles. The van der Waals surface area contributed by atoms with E-state index in [-0.39, 0.29) is 5.82 Å². The zero-order valence-corrected chi connectivity index (χ0v) is 15.5. The van der Waals surface area contributed by atoms with Crippen LogP contribution in [-0.4, -0.2) is 46.3 Å². The Bertz CT molecular complexity index is 876. The van der Waals surface area contributed by atoms with Crippen LogP contribution in [0.1, 0.15) is 5.69 Å². The van der Waals surface area contributed by atoms with E-state index < -0.39 is 0 Å². The monoisotopic (exact) mass is 383 g/mol. The van der Waals surface area contributed by atoms with E-state index in [0.29, 0.717) is 5.02 Å². The van der Waals surface area contributed by atoms with Gasteiger partial charge in [-0.15, -0.1) is 10.2 Å². The average Bonchev–Trinajstić information content (AvgIpc) is 2.71. The molecule has 7 heteroatoms. The molecule has 0 radical (unpaired) electrons. The summed E-state index contributed by atoms with van der Waals surface area (Å²) in [7, 11) is 0. The molecule has 1 aliphatic rings. The summed E-state index contributed by atoms with van der Waals surface area (Å²) in [4.78, 5) is 8.96. The van der Waals surface area contributed by atoms with Crippen LogP contribution in [0.15, 0.2) is 54.7 Å². The lowest BCUT2D eigenvalue weighted by atomic mass is 10.1. The van der Waals surface area contributed by atoms with Crippen LogP contribution in [-0.2, 0) is 6.54 Å². The molecule has 0 amide bonds. The molecule has 1 fully saturated rings. The van der Waals surface area contributed by atoms with Crippen molar-refractivity contribution in [3.8, 4) is 11.3 Å². The molecule has 0 atom stereocenters. The topological polar surface area (TPSA) is 45.2 Å². The Kier molecular flexibility index (Phi) is 5.27. The van der Waals surface area contributed by atoms with Gasteiger partial charge in [0, 0.05) is 44.5 Å². The summed E-state index contributed by atoms with van der Waals surface area (Å²) in [5.41, 5.74) is 2.62. The Morgan fingerprint density at radius 1 is 0.889 bits per heavy atom. The molecule has 27 heavy (non-hydrogen) atoms. The number of benzene rings is 1. The zero-order chi connectivity index (χ0) is 18.6. The molecule has 3 aromatic rings. The fourth-order valence-electron chi connectivity index (χ4n) is 3.13. The normalized spacial score (nSPS) is 15.1. The van der Waals surface area contributed by atoms with Crippen molar-refractivity contribution in [3.63, 3.8) is 0 Å². The van der Waals surface area contributed by atoms with Crippen LogP contribution in [0, 0.1) is 5.82 Å². The Balaban J connectivity index is 1.35. The Hall–Kier alpha value is -2.57. The molecule has 0 unspecified atom stereocenters. The van der Waals surface area contributed by atoms with Gasteiger partial charge in [0.1, 0.15) is 5.82 Å². The van der Waals surface area contributed by atoms with Crippen molar-refractivity contribution in [1.82, 2.24) is 20.1 Å². The van der Waals surface area contributed by atoms with Crippen LogP contribution in [0.2, 0.25) is 5.02 Å². The van der Waals surface area contributed by atoms with E-state index in [1.165, 1.54) is 12.1 Å². The van der Waals surface area contributed by atoms with Gasteiger partial charge in [0.25, 0.3) is 0 Å². The number of aromatic nitrogens is 3. The summed E-state index contributed by atoms with van der Waals surface area (Å²) in [6.07, 6.45) is 1.69. The maximum Gasteiger partial charge on any atom is 0.151 e. The fourth-order valence-corrected chi connectivity index (χ4v) is 3.24. The highest BCUT2D eigenvalue weighted by Gasteiger charge is 2.19. The van der Waals surface area contributed by atoms with Crippen LogP contribution in [0.3, 0.4) is 0 Å². The molecule has 0 spiro atoms. The maximum atomic E-state index is 13.0. The summed E-state index contributed by atoms with van der Waals surface area (Å²) in [6.45, 7) is 4.47. The summed E-state index contributed by atoms with van der Waals surface area (Å²) < 4.78 is 13.0. The standard InChI is InChI=1S/C20H19ClFN5/c21-16-3-6-18(23-13-16)14-26-9-11-27(12-10-26)20-8-7-19(24-25-20)15-1-4-17(22)5-2-15/h1-8,13H,9-12,14H2. The van der Waals surface area contributed by atoms with Crippen molar-refractivity contribution in [2.24, 2.45) is 0 Å². The number of hydrogen-bond acceptors (Lipinski definition) is 5. The van der Waals surface area contributed by atoms with Gasteiger partial charge in [0.05, 0.1) is 16.4 Å². The summed E-state index contributed by atoms with van der Waals surface area (Å²) in [6, 6.07) is 14.0. The highest BCUT2D eigenvalue weighted by Crippen LogP contribution is 2.20. The van der Waals surface area contributed by atoms with Gasteiger partial charge in [-0.3, -0.25) is 9.88 Å². The fraction of sp³-hybridized carbons (Fsp3) is 0.250. The van der Waals surface area contributed by atoms with Gasteiger partial charge < -0.3 is 4.90 Å². The van der Waals surface area contributed by atoms with E-state index in [0.717, 1.165) is 55.5 Å². The van der Waals surface area contributed by atoms with Crippen molar-refractivity contribution < 1.29 is 4.39 Å².